The van der Waals surface area contributed by atoms with E-state index in [4.69, 9.17) is 4.74 Å². The first-order valence-corrected chi connectivity index (χ1v) is 5.57. The van der Waals surface area contributed by atoms with Gasteiger partial charge in [0, 0.05) is 16.5 Å². The van der Waals surface area contributed by atoms with Crippen LogP contribution in [0.25, 0.3) is 10.9 Å². The molecular weight excluding hydrogens is 304 g/mol. The molecule has 21 heavy (non-hydrogen) atoms. The number of aromatic nitrogens is 1. The van der Waals surface area contributed by atoms with Gasteiger partial charge in [0.25, 0.3) is 0 Å². The lowest BCUT2D eigenvalue weighted by Crippen LogP contribution is -2.23. The van der Waals surface area contributed by atoms with E-state index in [9.17, 15) is 31.4 Å². The van der Waals surface area contributed by atoms with Gasteiger partial charge in [-0.05, 0) is 18.2 Å². The molecule has 2 rings (SSSR count). The van der Waals surface area contributed by atoms with E-state index in [1.54, 1.807) is 0 Å². The minimum atomic E-state index is -5.22. The highest BCUT2D eigenvalue weighted by atomic mass is 19.4. The van der Waals surface area contributed by atoms with Crippen LogP contribution in [0.5, 0.6) is 5.75 Å². The lowest BCUT2D eigenvalue weighted by atomic mass is 10.0. The highest BCUT2D eigenvalue weighted by molar-refractivity contribution is 5.86. The monoisotopic (exact) mass is 313 g/mol. The van der Waals surface area contributed by atoms with E-state index >= 15 is 0 Å². The summed E-state index contributed by atoms with van der Waals surface area (Å²) in [6.07, 6.45) is -13.5. The predicted molar refractivity (Wildman–Crippen MR) is 60.9 cm³/mol. The SMILES string of the molecule is COc1ccc2[nH]c(C(F)(F)F)c(C(O)C(F)(F)F)c2c1. The Kier molecular flexibility index (Phi) is 3.56. The fraction of sp³-hybridized carbons (Fsp3) is 0.333. The van der Waals surface area contributed by atoms with E-state index in [0.717, 1.165) is 12.1 Å². The molecule has 2 N–H and O–H groups in total. The zero-order valence-corrected chi connectivity index (χ0v) is 10.4. The number of fused-ring (bicyclic) bond motifs is 1. The molecule has 2 aromatic rings. The van der Waals surface area contributed by atoms with Gasteiger partial charge in [-0.2, -0.15) is 26.3 Å². The average molecular weight is 313 g/mol. The van der Waals surface area contributed by atoms with Crippen LogP contribution in [-0.2, 0) is 6.18 Å². The number of methoxy groups -OCH3 is 1. The molecule has 0 saturated carbocycles. The number of H-pyrrole nitrogens is 1. The van der Waals surface area contributed by atoms with Crippen LogP contribution in [0, 0.1) is 0 Å². The fourth-order valence-corrected chi connectivity index (χ4v) is 1.99. The Morgan fingerprint density at radius 1 is 1.14 bits per heavy atom. The maximum Gasteiger partial charge on any atom is 0.431 e. The number of aliphatic hydroxyl groups excluding tert-OH is 1. The van der Waals surface area contributed by atoms with Gasteiger partial charge in [-0.25, -0.2) is 0 Å². The summed E-state index contributed by atoms with van der Waals surface area (Å²) in [5.41, 5.74) is -3.07. The molecule has 1 atom stereocenters. The molecule has 116 valence electrons. The van der Waals surface area contributed by atoms with Crippen LogP contribution in [-0.4, -0.2) is 23.4 Å². The van der Waals surface area contributed by atoms with Gasteiger partial charge in [-0.15, -0.1) is 0 Å². The Bertz CT molecular complexity index is 658. The number of hydrogen-bond donors (Lipinski definition) is 2. The van der Waals surface area contributed by atoms with Crippen LogP contribution < -0.4 is 4.74 Å². The van der Waals surface area contributed by atoms with Crippen LogP contribution in [0.3, 0.4) is 0 Å². The summed E-state index contributed by atoms with van der Waals surface area (Å²) in [5, 5.41) is 8.87. The minimum Gasteiger partial charge on any atom is -0.497 e. The second-order valence-electron chi connectivity index (χ2n) is 4.27. The zero-order chi connectivity index (χ0) is 16.0. The second-order valence-corrected chi connectivity index (χ2v) is 4.27. The number of hydrogen-bond acceptors (Lipinski definition) is 2. The van der Waals surface area contributed by atoms with Crippen LogP contribution in [0.2, 0.25) is 0 Å². The number of halogens is 6. The molecule has 3 nitrogen and oxygen atoms in total. The Hall–Kier alpha value is -1.90. The van der Waals surface area contributed by atoms with Crippen LogP contribution in [0.15, 0.2) is 18.2 Å². The minimum absolute atomic E-state index is 0.0749. The van der Waals surface area contributed by atoms with E-state index in [-0.39, 0.29) is 11.3 Å². The number of ether oxygens (including phenoxy) is 1. The van der Waals surface area contributed by atoms with Crippen molar-refractivity contribution in [2.75, 3.05) is 7.11 Å². The number of benzene rings is 1. The first-order chi connectivity index (χ1) is 9.55. The molecule has 0 aliphatic heterocycles. The predicted octanol–water partition coefficient (Wildman–Crippen LogP) is 3.79. The summed E-state index contributed by atoms with van der Waals surface area (Å²) >= 11 is 0. The molecule has 1 aromatic carbocycles. The highest BCUT2D eigenvalue weighted by Crippen LogP contribution is 2.44. The molecule has 0 saturated heterocycles. The maximum atomic E-state index is 12.9. The van der Waals surface area contributed by atoms with Gasteiger partial charge in [-0.3, -0.25) is 0 Å². The van der Waals surface area contributed by atoms with Crippen molar-refractivity contribution in [3.8, 4) is 5.75 Å². The molecule has 1 aromatic heterocycles. The number of aromatic amines is 1. The van der Waals surface area contributed by atoms with Gasteiger partial charge in [0.05, 0.1) is 7.11 Å². The van der Waals surface area contributed by atoms with Crippen LogP contribution in [0.4, 0.5) is 26.3 Å². The summed E-state index contributed by atoms with van der Waals surface area (Å²) < 4.78 is 81.3. The third-order valence-corrected chi connectivity index (χ3v) is 2.91. The molecule has 0 radical (unpaired) electrons. The van der Waals surface area contributed by atoms with Gasteiger partial charge in [0.1, 0.15) is 11.4 Å². The first-order valence-electron chi connectivity index (χ1n) is 5.57. The molecule has 0 aliphatic carbocycles. The van der Waals surface area contributed by atoms with E-state index in [0.29, 0.717) is 0 Å². The van der Waals surface area contributed by atoms with Gasteiger partial charge >= 0.3 is 12.4 Å². The van der Waals surface area contributed by atoms with Gasteiger partial charge in [0.15, 0.2) is 6.10 Å². The first kappa shape index (κ1) is 15.5. The molecular formula is C12H9F6NO2. The quantitative estimate of drug-likeness (QED) is 0.829. The standard InChI is InChI=1S/C12H9F6NO2/c1-21-5-2-3-7-6(4-5)8(10(20)12(16,17)18)9(19-7)11(13,14)15/h2-4,10,19-20H,1H3. The lowest BCUT2D eigenvalue weighted by Gasteiger charge is -2.17. The van der Waals surface area contributed by atoms with E-state index in [2.05, 4.69) is 0 Å². The Balaban J connectivity index is 2.78. The van der Waals surface area contributed by atoms with Gasteiger partial charge < -0.3 is 14.8 Å². The summed E-state index contributed by atoms with van der Waals surface area (Å²) in [5.74, 6) is 0.0749. The van der Waals surface area contributed by atoms with Crippen molar-refractivity contribution in [3.63, 3.8) is 0 Å². The molecule has 0 spiro atoms. The fourth-order valence-electron chi connectivity index (χ4n) is 1.99. The third kappa shape index (κ3) is 2.78. The lowest BCUT2D eigenvalue weighted by molar-refractivity contribution is -0.209. The summed E-state index contributed by atoms with van der Waals surface area (Å²) in [6.45, 7) is 0. The zero-order valence-electron chi connectivity index (χ0n) is 10.4. The molecule has 0 bridgehead atoms. The van der Waals surface area contributed by atoms with E-state index in [1.165, 1.54) is 13.2 Å². The van der Waals surface area contributed by atoms with Gasteiger partial charge in [-0.1, -0.05) is 0 Å². The highest BCUT2D eigenvalue weighted by Gasteiger charge is 2.47. The van der Waals surface area contributed by atoms with E-state index < -0.39 is 35.1 Å². The molecule has 0 aliphatic rings. The largest absolute Gasteiger partial charge is 0.497 e. The second kappa shape index (κ2) is 4.83. The van der Waals surface area contributed by atoms with Crippen molar-refractivity contribution in [2.24, 2.45) is 0 Å². The summed E-state index contributed by atoms with van der Waals surface area (Å²) in [7, 11) is 1.22. The van der Waals surface area contributed by atoms with Gasteiger partial charge in [0.2, 0.25) is 0 Å². The number of nitrogens with one attached hydrogen (secondary N) is 1. The van der Waals surface area contributed by atoms with Crippen LogP contribution in [0.1, 0.15) is 17.4 Å². The van der Waals surface area contributed by atoms with Crippen LogP contribution >= 0.6 is 0 Å². The van der Waals surface area contributed by atoms with Crippen molar-refractivity contribution >= 4 is 10.9 Å². The molecule has 1 unspecified atom stereocenters. The molecule has 9 heteroatoms. The Morgan fingerprint density at radius 2 is 1.76 bits per heavy atom. The van der Waals surface area contributed by atoms with Crippen molar-refractivity contribution < 1.29 is 36.2 Å². The van der Waals surface area contributed by atoms with Crippen molar-refractivity contribution in [1.29, 1.82) is 0 Å². The van der Waals surface area contributed by atoms with E-state index in [1.807, 2.05) is 4.98 Å². The third-order valence-electron chi connectivity index (χ3n) is 2.91. The Morgan fingerprint density at radius 3 is 2.24 bits per heavy atom. The molecule has 0 amide bonds. The summed E-state index contributed by atoms with van der Waals surface area (Å²) in [6, 6.07) is 3.45. The Labute approximate surface area is 114 Å². The average Bonchev–Trinajstić information content (AvgIpc) is 2.74. The van der Waals surface area contributed by atoms with Crippen molar-refractivity contribution in [2.45, 2.75) is 18.5 Å². The number of aliphatic hydroxyl groups is 1. The number of rotatable bonds is 2. The normalized spacial score (nSPS) is 14.5. The van der Waals surface area contributed by atoms with Crippen molar-refractivity contribution in [3.05, 3.63) is 29.5 Å². The maximum absolute atomic E-state index is 12.9. The number of alkyl halides is 6. The topological polar surface area (TPSA) is 45.2 Å². The van der Waals surface area contributed by atoms with Crippen molar-refractivity contribution in [1.82, 2.24) is 4.98 Å². The molecule has 1 heterocycles. The summed E-state index contributed by atoms with van der Waals surface area (Å²) in [4.78, 5) is 1.87. The molecule has 0 fully saturated rings. The smallest absolute Gasteiger partial charge is 0.431 e.